The van der Waals surface area contributed by atoms with Crippen molar-refractivity contribution < 1.29 is 17.4 Å². The van der Waals surface area contributed by atoms with Crippen LogP contribution in [0.15, 0.2) is 43.0 Å². The predicted molar refractivity (Wildman–Crippen MR) is 87.7 cm³/mol. The van der Waals surface area contributed by atoms with Crippen molar-refractivity contribution in [1.29, 1.82) is 0 Å². The molecule has 2 aliphatic carbocycles. The number of halogens is 2. The summed E-state index contributed by atoms with van der Waals surface area (Å²) in [5.74, 6) is 0. The smallest absolute Gasteiger partial charge is 0.147 e. The van der Waals surface area contributed by atoms with Crippen molar-refractivity contribution in [3.05, 3.63) is 43.0 Å². The van der Waals surface area contributed by atoms with Gasteiger partial charge < -0.3 is 0 Å². The van der Waals surface area contributed by atoms with Crippen LogP contribution in [0.3, 0.4) is 0 Å². The molecule has 2 rings (SSSR count). The van der Waals surface area contributed by atoms with E-state index in [9.17, 15) is 0 Å². The van der Waals surface area contributed by atoms with Crippen LogP contribution in [-0.4, -0.2) is 6.88 Å². The Labute approximate surface area is 126 Å². The molecule has 0 aromatic carbocycles. The van der Waals surface area contributed by atoms with Gasteiger partial charge in [-0.3, -0.25) is 0 Å². The van der Waals surface area contributed by atoms with Gasteiger partial charge in [0.25, 0.3) is 0 Å². The van der Waals surface area contributed by atoms with E-state index in [1.165, 1.54) is 23.4 Å². The SMILES string of the molecule is CC[CH2][Zr]([CH3])(=[SiH2])([C]1=CC=CC1)[C]1=CC=CC1.Cl.Cl. The van der Waals surface area contributed by atoms with Gasteiger partial charge >= 0.3 is 102 Å². The maximum absolute atomic E-state index is 2.73. The Balaban J connectivity index is 0.00000144. The fourth-order valence-corrected chi connectivity index (χ4v) is 20.7. The zero-order valence-corrected chi connectivity index (χ0v) is 16.8. The van der Waals surface area contributed by atoms with E-state index in [-0.39, 0.29) is 24.8 Å². The Hall–Kier alpha value is 0.640. The van der Waals surface area contributed by atoms with Gasteiger partial charge in [-0.25, -0.2) is 0 Å². The third-order valence-corrected chi connectivity index (χ3v) is 27.4. The Kier molecular flexibility index (Phi) is 7.13. The first-order chi connectivity index (χ1) is 7.57. The van der Waals surface area contributed by atoms with Crippen molar-refractivity contribution in [1.82, 2.24) is 0 Å². The quantitative estimate of drug-likeness (QED) is 0.622. The van der Waals surface area contributed by atoms with Crippen LogP contribution < -0.4 is 0 Å². The Bertz CT molecular complexity index is 450. The van der Waals surface area contributed by atoms with Crippen molar-refractivity contribution in [3.63, 3.8) is 0 Å². The van der Waals surface area contributed by atoms with Crippen LogP contribution in [0, 0.1) is 0 Å². The molecule has 0 heterocycles. The molecule has 0 aromatic heterocycles. The van der Waals surface area contributed by atoms with E-state index in [1.807, 2.05) is 0 Å². The zero-order valence-electron chi connectivity index (χ0n) is 11.3. The molecule has 2 aliphatic rings. The van der Waals surface area contributed by atoms with Gasteiger partial charge in [-0.2, -0.15) is 0 Å². The molecule has 0 spiro atoms. The maximum atomic E-state index is 2.65. The first-order valence-corrected chi connectivity index (χ1v) is 18.9. The van der Waals surface area contributed by atoms with E-state index in [1.54, 1.807) is 6.56 Å². The largest absolute Gasteiger partial charge is 0.147 e. The molecule has 0 nitrogen and oxygen atoms in total. The average Bonchev–Trinajstić information content (AvgIpc) is 2.93. The summed E-state index contributed by atoms with van der Waals surface area (Å²) in [5.41, 5.74) is 0. The summed E-state index contributed by atoms with van der Waals surface area (Å²) in [7, 11) is 0. The van der Waals surface area contributed by atoms with Crippen LogP contribution in [0.2, 0.25) is 8.76 Å². The molecule has 0 bridgehead atoms. The molecule has 0 unspecified atom stereocenters. The van der Waals surface area contributed by atoms with Crippen molar-refractivity contribution in [2.45, 2.75) is 34.9 Å². The van der Waals surface area contributed by atoms with Gasteiger partial charge in [-0.1, -0.05) is 0 Å². The van der Waals surface area contributed by atoms with Crippen molar-refractivity contribution in [3.8, 4) is 0 Å². The van der Waals surface area contributed by atoms with Gasteiger partial charge in [0.2, 0.25) is 0 Å². The molecule has 0 fully saturated rings. The number of allylic oxidation sites excluding steroid dienone is 8. The summed E-state index contributed by atoms with van der Waals surface area (Å²) in [5, 5.41) is 0. The first kappa shape index (κ1) is 18.6. The third-order valence-electron chi connectivity index (χ3n) is 4.34. The molecule has 0 aliphatic heterocycles. The number of hydrogen-bond acceptors (Lipinski definition) is 0. The molecule has 0 saturated carbocycles. The fraction of sp³-hybridized carbons (Fsp3) is 0.429. The molecule has 0 saturated heterocycles. The average molecular weight is 383 g/mol. The number of hydrogen-bond donors (Lipinski definition) is 0. The van der Waals surface area contributed by atoms with Gasteiger partial charge in [0.05, 0.1) is 0 Å². The Morgan fingerprint density at radius 1 is 1.06 bits per heavy atom. The molecule has 18 heavy (non-hydrogen) atoms. The van der Waals surface area contributed by atoms with Crippen molar-refractivity contribution in [2.75, 3.05) is 0 Å². The maximum Gasteiger partial charge on any atom is -0.147 e. The predicted octanol–water partition coefficient (Wildman–Crippen LogP) is 4.63. The fourth-order valence-electron chi connectivity index (χ4n) is 3.18. The van der Waals surface area contributed by atoms with Gasteiger partial charge in [-0.15, -0.1) is 24.8 Å². The summed E-state index contributed by atoms with van der Waals surface area (Å²) in [6, 6.07) is 0. The van der Waals surface area contributed by atoms with E-state index >= 15 is 0 Å². The summed E-state index contributed by atoms with van der Waals surface area (Å²) in [6.45, 7) is 4.74. The normalized spacial score (nSPS) is 17.9. The standard InChI is InChI=1S/2C5H5.C3H7.CH3.2ClH.H2Si.Zr/c2*1-2-4-5-3-1;1-3-2;;;;;/h2*1-3H,4H2;1,3H2,2H3;1H3;2*1H;1H2;. The molecule has 102 valence electrons. The minimum Gasteiger partial charge on any atom is -0.147 e. The molecular formula is C14H24Cl2SiZr. The topological polar surface area (TPSA) is 0 Å². The van der Waals surface area contributed by atoms with E-state index in [2.05, 4.69) is 54.9 Å². The van der Waals surface area contributed by atoms with Crippen LogP contribution in [0.4, 0.5) is 0 Å². The van der Waals surface area contributed by atoms with Gasteiger partial charge in [0.1, 0.15) is 0 Å². The molecule has 0 amide bonds. The Morgan fingerprint density at radius 3 is 1.78 bits per heavy atom. The molecular weight excluding hydrogens is 358 g/mol. The zero-order chi connectivity index (χ0) is 11.7. The molecule has 0 radical (unpaired) electrons. The molecule has 0 atom stereocenters. The van der Waals surface area contributed by atoms with Gasteiger partial charge in [0, 0.05) is 0 Å². The van der Waals surface area contributed by atoms with Crippen molar-refractivity contribution in [2.24, 2.45) is 0 Å². The summed E-state index contributed by atoms with van der Waals surface area (Å²) < 4.78 is 7.72. The van der Waals surface area contributed by atoms with Crippen LogP contribution in [-0.2, 0) is 17.4 Å². The van der Waals surface area contributed by atoms with Crippen LogP contribution in [0.25, 0.3) is 0 Å². The van der Waals surface area contributed by atoms with Crippen LogP contribution in [0.5, 0.6) is 0 Å². The van der Waals surface area contributed by atoms with Crippen molar-refractivity contribution >= 4 is 31.7 Å². The van der Waals surface area contributed by atoms with Gasteiger partial charge in [-0.05, 0) is 0 Å². The van der Waals surface area contributed by atoms with Crippen LogP contribution in [0.1, 0.15) is 26.2 Å². The third kappa shape index (κ3) is 3.20. The van der Waals surface area contributed by atoms with E-state index < -0.39 is 17.4 Å². The summed E-state index contributed by atoms with van der Waals surface area (Å²) in [4.78, 5) is 0. The second kappa shape index (κ2) is 6.88. The number of rotatable bonds is 4. The first-order valence-electron chi connectivity index (χ1n) is 6.35. The molecule has 0 aromatic rings. The second-order valence-corrected chi connectivity index (χ2v) is 32.7. The van der Waals surface area contributed by atoms with Crippen LogP contribution >= 0.6 is 24.8 Å². The summed E-state index contributed by atoms with van der Waals surface area (Å²) in [6.07, 6.45) is 17.8. The van der Waals surface area contributed by atoms with Gasteiger partial charge in [0.15, 0.2) is 0 Å². The Morgan fingerprint density at radius 2 is 1.50 bits per heavy atom. The minimum absolute atomic E-state index is 0. The molecule has 4 heteroatoms. The molecule has 0 N–H and O–H groups in total. The monoisotopic (exact) mass is 380 g/mol. The van der Waals surface area contributed by atoms with E-state index in [0.29, 0.717) is 0 Å². The summed E-state index contributed by atoms with van der Waals surface area (Å²) >= 11 is -2.73. The van der Waals surface area contributed by atoms with E-state index in [0.717, 1.165) is 0 Å². The second-order valence-electron chi connectivity index (χ2n) is 5.69. The minimum atomic E-state index is -2.73. The van der Waals surface area contributed by atoms with E-state index in [4.69, 9.17) is 0 Å².